The fraction of sp³-hybridized carbons (Fsp3) is 0.172. The Morgan fingerprint density at radius 1 is 0.759 bits per heavy atom. The third kappa shape index (κ3) is 3.76. The van der Waals surface area contributed by atoms with Gasteiger partial charge in [-0.3, -0.25) is 0 Å². The maximum atomic E-state index is 3.96. The van der Waals surface area contributed by atoms with Gasteiger partial charge in [0.05, 0.1) is 0 Å². The molecule has 0 saturated carbocycles. The van der Waals surface area contributed by atoms with Crippen molar-refractivity contribution in [1.82, 2.24) is 0 Å². The average molecular weight is 379 g/mol. The van der Waals surface area contributed by atoms with Crippen LogP contribution < -0.4 is 0 Å². The zero-order valence-electron chi connectivity index (χ0n) is 18.0. The molecule has 0 radical (unpaired) electrons. The van der Waals surface area contributed by atoms with E-state index in [0.29, 0.717) is 0 Å². The van der Waals surface area contributed by atoms with Gasteiger partial charge in [0.25, 0.3) is 0 Å². The van der Waals surface area contributed by atoms with Crippen LogP contribution in [0, 0.1) is 0 Å². The Bertz CT molecular complexity index is 1080. The first-order valence-corrected chi connectivity index (χ1v) is 10.1. The molecule has 0 N–H and O–H groups in total. The number of benzene rings is 2. The Kier molecular flexibility index (Phi) is 5.75. The van der Waals surface area contributed by atoms with Crippen LogP contribution in [0.1, 0.15) is 49.9 Å². The predicted molar refractivity (Wildman–Crippen MR) is 130 cm³/mol. The van der Waals surface area contributed by atoms with Crippen molar-refractivity contribution in [3.8, 4) is 11.1 Å². The topological polar surface area (TPSA) is 0 Å². The first-order chi connectivity index (χ1) is 13.8. The van der Waals surface area contributed by atoms with Crippen LogP contribution in [0.25, 0.3) is 22.3 Å². The first kappa shape index (κ1) is 20.6. The van der Waals surface area contributed by atoms with Gasteiger partial charge in [0, 0.05) is 5.41 Å². The lowest BCUT2D eigenvalue weighted by molar-refractivity contribution is 0.660. The molecule has 1 aliphatic carbocycles. The molecule has 0 unspecified atom stereocenters. The summed E-state index contributed by atoms with van der Waals surface area (Å²) in [5.41, 5.74) is 11.3. The highest BCUT2D eigenvalue weighted by Gasteiger charge is 2.35. The molecule has 0 heterocycles. The Morgan fingerprint density at radius 2 is 1.38 bits per heavy atom. The van der Waals surface area contributed by atoms with Crippen LogP contribution >= 0.6 is 0 Å². The number of rotatable bonds is 6. The van der Waals surface area contributed by atoms with Gasteiger partial charge in [0.1, 0.15) is 0 Å². The molecule has 146 valence electrons. The fourth-order valence-electron chi connectivity index (χ4n) is 4.19. The van der Waals surface area contributed by atoms with Gasteiger partial charge in [-0.15, -0.1) is 0 Å². The molecule has 0 bridgehead atoms. The summed E-state index contributed by atoms with van der Waals surface area (Å²) in [7, 11) is 0. The Balaban J connectivity index is 2.19. The number of fused-ring (bicyclic) bond motifs is 3. The lowest BCUT2D eigenvalue weighted by Gasteiger charge is -2.22. The highest BCUT2D eigenvalue weighted by molar-refractivity contribution is 5.87. The molecule has 0 aliphatic heterocycles. The normalized spacial score (nSPS) is 14.6. The van der Waals surface area contributed by atoms with Crippen LogP contribution in [0.3, 0.4) is 0 Å². The van der Waals surface area contributed by atoms with Gasteiger partial charge in [-0.2, -0.15) is 0 Å². The molecule has 0 nitrogen and oxygen atoms in total. The van der Waals surface area contributed by atoms with Crippen LogP contribution in [0.5, 0.6) is 0 Å². The van der Waals surface area contributed by atoms with Crippen molar-refractivity contribution in [2.45, 2.75) is 33.1 Å². The van der Waals surface area contributed by atoms with E-state index in [1.54, 1.807) is 0 Å². The van der Waals surface area contributed by atoms with Crippen molar-refractivity contribution in [2.75, 3.05) is 0 Å². The Hall–Kier alpha value is -3.12. The van der Waals surface area contributed by atoms with Gasteiger partial charge in [0.2, 0.25) is 0 Å². The first-order valence-electron chi connectivity index (χ1n) is 10.1. The maximum Gasteiger partial charge on any atom is 0.0159 e. The molecule has 0 amide bonds. The fourth-order valence-corrected chi connectivity index (χ4v) is 4.19. The van der Waals surface area contributed by atoms with Gasteiger partial charge in [-0.25, -0.2) is 0 Å². The van der Waals surface area contributed by atoms with Crippen molar-refractivity contribution in [1.29, 1.82) is 0 Å². The predicted octanol–water partition coefficient (Wildman–Crippen LogP) is 8.28. The molecule has 1 aliphatic rings. The molecule has 0 heteroatoms. The summed E-state index contributed by atoms with van der Waals surface area (Å²) >= 11 is 0. The molecular weight excluding hydrogens is 348 g/mol. The van der Waals surface area contributed by atoms with Gasteiger partial charge in [0.15, 0.2) is 0 Å². The van der Waals surface area contributed by atoms with Crippen LogP contribution in [0.15, 0.2) is 98.2 Å². The van der Waals surface area contributed by atoms with Crippen molar-refractivity contribution in [3.05, 3.63) is 120 Å². The Labute approximate surface area is 176 Å². The van der Waals surface area contributed by atoms with E-state index in [1.807, 2.05) is 24.3 Å². The minimum atomic E-state index is -0.0432. The highest BCUT2D eigenvalue weighted by Crippen LogP contribution is 2.50. The summed E-state index contributed by atoms with van der Waals surface area (Å²) in [6, 6.07) is 13.6. The number of hydrogen-bond acceptors (Lipinski definition) is 0. The summed E-state index contributed by atoms with van der Waals surface area (Å²) in [6.45, 7) is 20.5. The number of hydrogen-bond donors (Lipinski definition) is 0. The van der Waals surface area contributed by atoms with Gasteiger partial charge in [-0.05, 0) is 70.5 Å². The second kappa shape index (κ2) is 8.09. The van der Waals surface area contributed by atoms with E-state index in [4.69, 9.17) is 0 Å². The van der Waals surface area contributed by atoms with E-state index in [-0.39, 0.29) is 5.41 Å². The van der Waals surface area contributed by atoms with Crippen LogP contribution in [0.2, 0.25) is 0 Å². The summed E-state index contributed by atoms with van der Waals surface area (Å²) in [4.78, 5) is 0. The largest absolute Gasteiger partial charge is 0.0990 e. The Morgan fingerprint density at radius 3 is 2.00 bits per heavy atom. The van der Waals surface area contributed by atoms with Crippen LogP contribution in [0.4, 0.5) is 0 Å². The summed E-state index contributed by atoms with van der Waals surface area (Å²) in [5, 5.41) is 0. The van der Waals surface area contributed by atoms with E-state index in [9.17, 15) is 0 Å². The maximum absolute atomic E-state index is 3.96. The third-order valence-corrected chi connectivity index (χ3v) is 5.60. The van der Waals surface area contributed by atoms with E-state index in [0.717, 1.165) is 5.57 Å². The van der Waals surface area contributed by atoms with E-state index in [1.165, 1.54) is 44.5 Å². The highest BCUT2D eigenvalue weighted by atomic mass is 14.4. The summed E-state index contributed by atoms with van der Waals surface area (Å²) < 4.78 is 0. The van der Waals surface area contributed by atoms with Crippen molar-refractivity contribution in [3.63, 3.8) is 0 Å². The molecule has 0 saturated heterocycles. The lowest BCUT2D eigenvalue weighted by Crippen LogP contribution is -2.15. The standard InChI is InChI=1S/C29H30/c1-8-11-21(10-3)24-13-15-25-26-18-23(22(12-9-2)17-20(4)5)14-16-27(26)29(6,7)28(25)19-24/h8-19H,1-3H2,4-7H3/b21-11+,22-12+. The lowest BCUT2D eigenvalue weighted by atomic mass is 9.81. The molecule has 29 heavy (non-hydrogen) atoms. The monoisotopic (exact) mass is 378 g/mol. The molecular formula is C29H30. The molecule has 2 aromatic rings. The van der Waals surface area contributed by atoms with Crippen LogP contribution in [-0.2, 0) is 5.41 Å². The smallest absolute Gasteiger partial charge is 0.0159 e. The molecule has 2 aromatic carbocycles. The molecule has 0 atom stereocenters. The van der Waals surface area contributed by atoms with Gasteiger partial charge in [-0.1, -0.05) is 99.9 Å². The third-order valence-electron chi connectivity index (χ3n) is 5.60. The van der Waals surface area contributed by atoms with Gasteiger partial charge >= 0.3 is 0 Å². The zero-order valence-corrected chi connectivity index (χ0v) is 18.0. The second-order valence-corrected chi connectivity index (χ2v) is 8.29. The molecule has 0 aromatic heterocycles. The molecule has 0 fully saturated rings. The number of allylic oxidation sites excluding steroid dienone is 9. The van der Waals surface area contributed by atoms with E-state index >= 15 is 0 Å². The van der Waals surface area contributed by atoms with Crippen LogP contribution in [-0.4, -0.2) is 0 Å². The molecule has 3 rings (SSSR count). The zero-order chi connectivity index (χ0) is 21.2. The van der Waals surface area contributed by atoms with Gasteiger partial charge < -0.3 is 0 Å². The quantitative estimate of drug-likeness (QED) is 0.444. The summed E-state index contributed by atoms with van der Waals surface area (Å²) in [5.74, 6) is 0. The second-order valence-electron chi connectivity index (χ2n) is 8.29. The molecule has 0 spiro atoms. The van der Waals surface area contributed by atoms with Crippen molar-refractivity contribution < 1.29 is 0 Å². The van der Waals surface area contributed by atoms with E-state index < -0.39 is 0 Å². The van der Waals surface area contributed by atoms with E-state index in [2.05, 4.69) is 96.0 Å². The SMILES string of the molecule is C=C/C=C(\C=C(C)C)c1ccc2c(c1)-c1ccc(/C(C=C)=C/C=C)cc1C2(C)C. The van der Waals surface area contributed by atoms with Crippen molar-refractivity contribution >= 4 is 11.1 Å². The summed E-state index contributed by atoms with van der Waals surface area (Å²) in [6.07, 6.45) is 11.9. The minimum Gasteiger partial charge on any atom is -0.0990 e. The minimum absolute atomic E-state index is 0.0432. The van der Waals surface area contributed by atoms with Crippen molar-refractivity contribution in [2.24, 2.45) is 0 Å². The average Bonchev–Trinajstić information content (AvgIpc) is 2.92.